The standard InChI is InChI=1S/C17H15NO2/c1-10-8-9-13-14(15(10)18(2)3)17(20)12-7-5-4-6-11(12)16(13)19/h4-9H,1-3H3. The van der Waals surface area contributed by atoms with Crippen molar-refractivity contribution in [3.63, 3.8) is 0 Å². The monoisotopic (exact) mass is 265 g/mol. The van der Waals surface area contributed by atoms with Crippen LogP contribution in [0.3, 0.4) is 0 Å². The van der Waals surface area contributed by atoms with Crippen LogP contribution in [0.2, 0.25) is 0 Å². The minimum absolute atomic E-state index is 0.0670. The van der Waals surface area contributed by atoms with E-state index in [0.29, 0.717) is 22.3 Å². The summed E-state index contributed by atoms with van der Waals surface area (Å²) in [5, 5.41) is 0. The lowest BCUT2D eigenvalue weighted by Crippen LogP contribution is -2.25. The van der Waals surface area contributed by atoms with Gasteiger partial charge in [-0.05, 0) is 18.6 Å². The number of hydrogen-bond acceptors (Lipinski definition) is 3. The fraction of sp³-hybridized carbons (Fsp3) is 0.176. The molecule has 0 bridgehead atoms. The Morgan fingerprint density at radius 3 is 2.00 bits per heavy atom. The molecule has 0 atom stereocenters. The van der Waals surface area contributed by atoms with Gasteiger partial charge in [-0.15, -0.1) is 0 Å². The highest BCUT2D eigenvalue weighted by atomic mass is 16.1. The SMILES string of the molecule is Cc1ccc2c(c1N(C)C)C(=O)c1ccccc1C2=O. The average molecular weight is 265 g/mol. The molecule has 3 rings (SSSR count). The molecule has 0 amide bonds. The molecule has 2 aromatic rings. The van der Waals surface area contributed by atoms with Crippen molar-refractivity contribution in [2.24, 2.45) is 0 Å². The molecule has 0 aromatic heterocycles. The number of rotatable bonds is 1. The molecule has 0 spiro atoms. The van der Waals surface area contributed by atoms with Gasteiger partial charge in [0.15, 0.2) is 11.6 Å². The normalized spacial score (nSPS) is 12.9. The van der Waals surface area contributed by atoms with Gasteiger partial charge < -0.3 is 4.90 Å². The molecule has 20 heavy (non-hydrogen) atoms. The van der Waals surface area contributed by atoms with E-state index < -0.39 is 0 Å². The van der Waals surface area contributed by atoms with Crippen LogP contribution >= 0.6 is 0 Å². The van der Waals surface area contributed by atoms with Crippen molar-refractivity contribution >= 4 is 17.3 Å². The Balaban J connectivity index is 2.37. The van der Waals surface area contributed by atoms with E-state index in [2.05, 4.69) is 0 Å². The third-order valence-corrected chi connectivity index (χ3v) is 3.71. The Bertz CT molecular complexity index is 745. The highest BCUT2D eigenvalue weighted by Gasteiger charge is 2.32. The van der Waals surface area contributed by atoms with Crippen LogP contribution in [0, 0.1) is 6.92 Å². The number of benzene rings is 2. The van der Waals surface area contributed by atoms with E-state index >= 15 is 0 Å². The first-order valence-corrected chi connectivity index (χ1v) is 6.51. The van der Waals surface area contributed by atoms with E-state index in [1.54, 1.807) is 30.3 Å². The van der Waals surface area contributed by atoms with Gasteiger partial charge in [0, 0.05) is 30.8 Å². The highest BCUT2D eigenvalue weighted by Crippen LogP contribution is 2.35. The topological polar surface area (TPSA) is 37.4 Å². The lowest BCUT2D eigenvalue weighted by Gasteiger charge is -2.25. The molecular weight excluding hydrogens is 250 g/mol. The van der Waals surface area contributed by atoms with Gasteiger partial charge in [0.2, 0.25) is 0 Å². The molecule has 3 nitrogen and oxygen atoms in total. The predicted molar refractivity (Wildman–Crippen MR) is 78.8 cm³/mol. The first kappa shape index (κ1) is 12.6. The Morgan fingerprint density at radius 1 is 0.800 bits per heavy atom. The zero-order valence-corrected chi connectivity index (χ0v) is 11.7. The third kappa shape index (κ3) is 1.59. The summed E-state index contributed by atoms with van der Waals surface area (Å²) in [6.07, 6.45) is 0. The van der Waals surface area contributed by atoms with Crippen LogP contribution in [0.25, 0.3) is 0 Å². The zero-order valence-electron chi connectivity index (χ0n) is 11.7. The van der Waals surface area contributed by atoms with Crippen molar-refractivity contribution in [2.75, 3.05) is 19.0 Å². The molecule has 2 aromatic carbocycles. The first-order valence-electron chi connectivity index (χ1n) is 6.51. The van der Waals surface area contributed by atoms with Crippen LogP contribution in [-0.4, -0.2) is 25.7 Å². The second kappa shape index (κ2) is 4.30. The molecule has 0 unspecified atom stereocenters. The second-order valence-corrected chi connectivity index (χ2v) is 5.25. The summed E-state index contributed by atoms with van der Waals surface area (Å²) in [6.45, 7) is 1.95. The summed E-state index contributed by atoms with van der Waals surface area (Å²) in [7, 11) is 3.78. The third-order valence-electron chi connectivity index (χ3n) is 3.71. The zero-order chi connectivity index (χ0) is 14.4. The van der Waals surface area contributed by atoms with Gasteiger partial charge in [-0.2, -0.15) is 0 Å². The van der Waals surface area contributed by atoms with Gasteiger partial charge in [0.1, 0.15) is 0 Å². The number of carbonyl (C=O) groups is 2. The molecule has 0 saturated heterocycles. The van der Waals surface area contributed by atoms with E-state index in [9.17, 15) is 9.59 Å². The first-order chi connectivity index (χ1) is 9.52. The van der Waals surface area contributed by atoms with E-state index in [1.807, 2.05) is 32.0 Å². The molecule has 0 aliphatic heterocycles. The van der Waals surface area contributed by atoms with Gasteiger partial charge in [-0.25, -0.2) is 0 Å². The number of nitrogens with zero attached hydrogens (tertiary/aromatic N) is 1. The fourth-order valence-electron chi connectivity index (χ4n) is 2.85. The number of ketones is 2. The van der Waals surface area contributed by atoms with E-state index in [1.165, 1.54) is 0 Å². The van der Waals surface area contributed by atoms with Gasteiger partial charge in [-0.1, -0.05) is 30.3 Å². The number of fused-ring (bicyclic) bond motifs is 2. The minimum Gasteiger partial charge on any atom is -0.377 e. The largest absolute Gasteiger partial charge is 0.377 e. The van der Waals surface area contributed by atoms with Gasteiger partial charge in [0.25, 0.3) is 0 Å². The molecule has 1 aliphatic carbocycles. The van der Waals surface area contributed by atoms with Crippen molar-refractivity contribution in [1.29, 1.82) is 0 Å². The molecule has 0 heterocycles. The van der Waals surface area contributed by atoms with Crippen LogP contribution < -0.4 is 4.90 Å². The molecule has 3 heteroatoms. The summed E-state index contributed by atoms with van der Waals surface area (Å²) < 4.78 is 0. The van der Waals surface area contributed by atoms with E-state index in [4.69, 9.17) is 0 Å². The Hall–Kier alpha value is -2.42. The van der Waals surface area contributed by atoms with Crippen LogP contribution in [0.15, 0.2) is 36.4 Å². The Morgan fingerprint density at radius 2 is 1.40 bits per heavy atom. The van der Waals surface area contributed by atoms with Crippen molar-refractivity contribution in [3.05, 3.63) is 64.2 Å². The minimum atomic E-state index is -0.0710. The molecule has 0 saturated carbocycles. The Kier molecular flexibility index (Phi) is 2.71. The summed E-state index contributed by atoms with van der Waals surface area (Å²) in [6, 6.07) is 10.7. The molecule has 0 N–H and O–H groups in total. The summed E-state index contributed by atoms with van der Waals surface area (Å²) in [4.78, 5) is 27.2. The van der Waals surface area contributed by atoms with Crippen LogP contribution in [0.4, 0.5) is 5.69 Å². The van der Waals surface area contributed by atoms with Crippen molar-refractivity contribution < 1.29 is 9.59 Å². The van der Waals surface area contributed by atoms with Gasteiger partial charge in [0.05, 0.1) is 11.3 Å². The quantitative estimate of drug-likeness (QED) is 0.679. The van der Waals surface area contributed by atoms with Crippen LogP contribution in [0.5, 0.6) is 0 Å². The van der Waals surface area contributed by atoms with Crippen molar-refractivity contribution in [3.8, 4) is 0 Å². The lowest BCUT2D eigenvalue weighted by molar-refractivity contribution is 0.0979. The van der Waals surface area contributed by atoms with Gasteiger partial charge >= 0.3 is 0 Å². The second-order valence-electron chi connectivity index (χ2n) is 5.25. The molecular formula is C17H15NO2. The summed E-state index contributed by atoms with van der Waals surface area (Å²) >= 11 is 0. The molecule has 1 aliphatic rings. The van der Waals surface area contributed by atoms with Crippen LogP contribution in [0.1, 0.15) is 37.4 Å². The lowest BCUT2D eigenvalue weighted by atomic mass is 9.82. The summed E-state index contributed by atoms with van der Waals surface area (Å²) in [5.74, 6) is -0.138. The van der Waals surface area contributed by atoms with Crippen molar-refractivity contribution in [1.82, 2.24) is 0 Å². The van der Waals surface area contributed by atoms with E-state index in [-0.39, 0.29) is 11.6 Å². The number of anilines is 1. The Labute approximate surface area is 117 Å². The average Bonchev–Trinajstić information content (AvgIpc) is 2.44. The maximum absolute atomic E-state index is 12.8. The number of aryl methyl sites for hydroxylation is 1. The molecule has 100 valence electrons. The fourth-order valence-corrected chi connectivity index (χ4v) is 2.85. The number of carbonyl (C=O) groups excluding carboxylic acids is 2. The maximum atomic E-state index is 12.8. The summed E-state index contributed by atoms with van der Waals surface area (Å²) in [5.41, 5.74) is 3.85. The molecule has 0 radical (unpaired) electrons. The number of hydrogen-bond donors (Lipinski definition) is 0. The predicted octanol–water partition coefficient (Wildman–Crippen LogP) is 2.84. The molecule has 0 fully saturated rings. The highest BCUT2D eigenvalue weighted by molar-refractivity contribution is 6.30. The smallest absolute Gasteiger partial charge is 0.196 e. The maximum Gasteiger partial charge on any atom is 0.196 e. The van der Waals surface area contributed by atoms with Crippen LogP contribution in [-0.2, 0) is 0 Å². The van der Waals surface area contributed by atoms with E-state index in [0.717, 1.165) is 11.3 Å². The van der Waals surface area contributed by atoms with Crippen molar-refractivity contribution in [2.45, 2.75) is 6.92 Å². The van der Waals surface area contributed by atoms with Gasteiger partial charge in [-0.3, -0.25) is 9.59 Å².